The highest BCUT2D eigenvalue weighted by molar-refractivity contribution is 8.00. The first-order valence-electron chi connectivity index (χ1n) is 10.3. The number of benzene rings is 2. The number of carbonyl (C=O) groups is 1. The molecule has 2 aromatic carbocycles. The van der Waals surface area contributed by atoms with Crippen LogP contribution in [-0.4, -0.2) is 24.4 Å². The van der Waals surface area contributed by atoms with E-state index in [-0.39, 0.29) is 11.2 Å². The quantitative estimate of drug-likeness (QED) is 0.224. The van der Waals surface area contributed by atoms with Crippen molar-refractivity contribution in [2.24, 2.45) is 0 Å². The number of unbranched alkanes of at least 4 members (excludes halogenated alkanes) is 4. The van der Waals surface area contributed by atoms with Crippen LogP contribution in [0.4, 0.5) is 0 Å². The van der Waals surface area contributed by atoms with E-state index in [1.165, 1.54) is 37.4 Å². The molecule has 0 saturated carbocycles. The molecule has 28 heavy (non-hydrogen) atoms. The second-order valence-corrected chi connectivity index (χ2v) is 8.24. The summed E-state index contributed by atoms with van der Waals surface area (Å²) in [5.74, 6) is 0.757. The lowest BCUT2D eigenvalue weighted by Gasteiger charge is -2.11. The summed E-state index contributed by atoms with van der Waals surface area (Å²) in [5, 5.41) is -0.204. The first kappa shape index (κ1) is 22.4. The molecule has 0 amide bonds. The topological polar surface area (TPSA) is 35.5 Å². The number of thioether (sulfide) groups is 1. The molecule has 0 aromatic heterocycles. The van der Waals surface area contributed by atoms with Gasteiger partial charge in [0.25, 0.3) is 0 Å². The molecule has 0 fully saturated rings. The van der Waals surface area contributed by atoms with Crippen molar-refractivity contribution in [2.75, 3.05) is 13.2 Å². The van der Waals surface area contributed by atoms with Gasteiger partial charge in [-0.2, -0.15) is 0 Å². The Morgan fingerprint density at radius 1 is 0.893 bits per heavy atom. The predicted molar refractivity (Wildman–Crippen MR) is 118 cm³/mol. The summed E-state index contributed by atoms with van der Waals surface area (Å²) in [6.07, 6.45) is 6.24. The molecular formula is C24H32O3S. The van der Waals surface area contributed by atoms with E-state index in [1.807, 2.05) is 26.0 Å². The summed E-state index contributed by atoms with van der Waals surface area (Å²) in [4.78, 5) is 12.8. The summed E-state index contributed by atoms with van der Waals surface area (Å²) in [6.45, 7) is 7.14. The summed E-state index contributed by atoms with van der Waals surface area (Å²) >= 11 is 1.52. The van der Waals surface area contributed by atoms with Crippen molar-refractivity contribution in [3.8, 4) is 16.9 Å². The molecule has 0 bridgehead atoms. The molecule has 0 spiro atoms. The van der Waals surface area contributed by atoms with Gasteiger partial charge in [-0.05, 0) is 55.7 Å². The Balaban J connectivity index is 1.84. The zero-order chi connectivity index (χ0) is 20.2. The second kappa shape index (κ2) is 12.5. The zero-order valence-corrected chi connectivity index (χ0v) is 18.1. The highest BCUT2D eigenvalue weighted by Crippen LogP contribution is 2.28. The average Bonchev–Trinajstić information content (AvgIpc) is 2.72. The van der Waals surface area contributed by atoms with Crippen molar-refractivity contribution in [3.63, 3.8) is 0 Å². The van der Waals surface area contributed by atoms with Crippen LogP contribution >= 0.6 is 11.8 Å². The lowest BCUT2D eigenvalue weighted by molar-refractivity contribution is -0.142. The minimum atomic E-state index is -0.204. The van der Waals surface area contributed by atoms with Crippen molar-refractivity contribution in [3.05, 3.63) is 48.5 Å². The smallest absolute Gasteiger partial charge is 0.319 e. The van der Waals surface area contributed by atoms with Crippen LogP contribution in [0.3, 0.4) is 0 Å². The van der Waals surface area contributed by atoms with Gasteiger partial charge < -0.3 is 9.47 Å². The summed E-state index contributed by atoms with van der Waals surface area (Å²) in [5.41, 5.74) is 2.31. The van der Waals surface area contributed by atoms with E-state index in [4.69, 9.17) is 9.47 Å². The third kappa shape index (κ3) is 7.59. The molecule has 0 saturated heterocycles. The maximum atomic E-state index is 11.8. The maximum absolute atomic E-state index is 11.8. The molecular weight excluding hydrogens is 368 g/mol. The molecule has 4 heteroatoms. The van der Waals surface area contributed by atoms with Gasteiger partial charge in [0, 0.05) is 4.90 Å². The Morgan fingerprint density at radius 2 is 1.50 bits per heavy atom. The molecule has 0 heterocycles. The van der Waals surface area contributed by atoms with Gasteiger partial charge in [-0.1, -0.05) is 56.9 Å². The maximum Gasteiger partial charge on any atom is 0.319 e. The van der Waals surface area contributed by atoms with Crippen molar-refractivity contribution >= 4 is 17.7 Å². The monoisotopic (exact) mass is 400 g/mol. The minimum Gasteiger partial charge on any atom is -0.494 e. The molecule has 0 aliphatic heterocycles. The molecule has 3 nitrogen and oxygen atoms in total. The Hall–Kier alpha value is -1.94. The third-order valence-electron chi connectivity index (χ3n) is 4.49. The fourth-order valence-electron chi connectivity index (χ4n) is 2.88. The van der Waals surface area contributed by atoms with E-state index >= 15 is 0 Å². The van der Waals surface area contributed by atoms with Gasteiger partial charge in [-0.25, -0.2) is 0 Å². The largest absolute Gasteiger partial charge is 0.494 e. The molecule has 0 aliphatic rings. The van der Waals surface area contributed by atoms with E-state index in [9.17, 15) is 4.79 Å². The molecule has 0 unspecified atom stereocenters. The Morgan fingerprint density at radius 3 is 2.11 bits per heavy atom. The second-order valence-electron chi connectivity index (χ2n) is 6.82. The number of hydrogen-bond acceptors (Lipinski definition) is 4. The van der Waals surface area contributed by atoms with Crippen molar-refractivity contribution in [1.82, 2.24) is 0 Å². The van der Waals surface area contributed by atoms with E-state index < -0.39 is 0 Å². The fourth-order valence-corrected chi connectivity index (χ4v) is 3.74. The van der Waals surface area contributed by atoms with E-state index in [0.29, 0.717) is 6.61 Å². The van der Waals surface area contributed by atoms with E-state index in [1.54, 1.807) is 0 Å². The van der Waals surface area contributed by atoms with E-state index in [0.717, 1.165) is 34.8 Å². The van der Waals surface area contributed by atoms with Gasteiger partial charge >= 0.3 is 5.97 Å². The fraction of sp³-hybridized carbons (Fsp3) is 0.458. The summed E-state index contributed by atoms with van der Waals surface area (Å²) in [6, 6.07) is 16.5. The lowest BCUT2D eigenvalue weighted by atomic mass is 10.1. The normalized spacial score (nSPS) is 11.8. The highest BCUT2D eigenvalue weighted by atomic mass is 32.2. The van der Waals surface area contributed by atoms with Crippen LogP contribution in [-0.2, 0) is 9.53 Å². The lowest BCUT2D eigenvalue weighted by Crippen LogP contribution is -2.16. The first-order valence-corrected chi connectivity index (χ1v) is 11.2. The standard InChI is InChI=1S/C24H32O3S/c1-4-6-7-8-9-18-27-22-14-10-20(11-15-22)21-12-16-23(17-13-21)28-19(3)24(25)26-5-2/h10-17,19H,4-9,18H2,1-3H3/t19-/m1/s1. The van der Waals surface area contributed by atoms with Gasteiger partial charge in [0.15, 0.2) is 0 Å². The predicted octanol–water partition coefficient (Wildman–Crippen LogP) is 6.75. The van der Waals surface area contributed by atoms with Gasteiger partial charge in [-0.15, -0.1) is 11.8 Å². The zero-order valence-electron chi connectivity index (χ0n) is 17.3. The molecule has 0 aliphatic carbocycles. The highest BCUT2D eigenvalue weighted by Gasteiger charge is 2.15. The molecule has 0 N–H and O–H groups in total. The SMILES string of the molecule is CCCCCCCOc1ccc(-c2ccc(S[C@H](C)C(=O)OCC)cc2)cc1. The van der Waals surface area contributed by atoms with Crippen molar-refractivity contribution in [1.29, 1.82) is 0 Å². The third-order valence-corrected chi connectivity index (χ3v) is 5.58. The minimum absolute atomic E-state index is 0.169. The van der Waals surface area contributed by atoms with Crippen LogP contribution in [0.15, 0.2) is 53.4 Å². The van der Waals surface area contributed by atoms with Gasteiger partial charge in [0.05, 0.1) is 13.2 Å². The molecule has 2 aromatic rings. The van der Waals surface area contributed by atoms with Crippen LogP contribution < -0.4 is 4.74 Å². The summed E-state index contributed by atoms with van der Waals surface area (Å²) < 4.78 is 10.9. The molecule has 1 atom stereocenters. The van der Waals surface area contributed by atoms with E-state index in [2.05, 4.69) is 43.3 Å². The Bertz CT molecular complexity index is 695. The van der Waals surface area contributed by atoms with Gasteiger partial charge in [-0.3, -0.25) is 4.79 Å². The molecule has 2 rings (SSSR count). The van der Waals surface area contributed by atoms with Crippen LogP contribution in [0.1, 0.15) is 52.9 Å². The van der Waals surface area contributed by atoms with Crippen molar-refractivity contribution < 1.29 is 14.3 Å². The average molecular weight is 401 g/mol. The number of hydrogen-bond donors (Lipinski definition) is 0. The van der Waals surface area contributed by atoms with Crippen LogP contribution in [0, 0.1) is 0 Å². The first-order chi connectivity index (χ1) is 13.6. The Labute approximate surface area is 173 Å². The van der Waals surface area contributed by atoms with Crippen molar-refractivity contribution in [2.45, 2.75) is 63.0 Å². The summed E-state index contributed by atoms with van der Waals surface area (Å²) in [7, 11) is 0. The van der Waals surface area contributed by atoms with Gasteiger partial charge in [0.2, 0.25) is 0 Å². The van der Waals surface area contributed by atoms with Crippen LogP contribution in [0.25, 0.3) is 11.1 Å². The number of carbonyl (C=O) groups excluding carboxylic acids is 1. The number of esters is 1. The molecule has 0 radical (unpaired) electrons. The van der Waals surface area contributed by atoms with Crippen LogP contribution in [0.5, 0.6) is 5.75 Å². The van der Waals surface area contributed by atoms with Gasteiger partial charge in [0.1, 0.15) is 11.0 Å². The Kier molecular flexibility index (Phi) is 9.98. The number of rotatable bonds is 12. The van der Waals surface area contributed by atoms with Crippen LogP contribution in [0.2, 0.25) is 0 Å². The number of ether oxygens (including phenoxy) is 2. The molecule has 152 valence electrons.